The van der Waals surface area contributed by atoms with Crippen molar-refractivity contribution in [3.63, 3.8) is 0 Å². The Bertz CT molecular complexity index is 780. The topological polar surface area (TPSA) is 42.0 Å². The molecule has 0 saturated carbocycles. The summed E-state index contributed by atoms with van der Waals surface area (Å²) in [5.74, 6) is -0.182. The van der Waals surface area contributed by atoms with Gasteiger partial charge in [0.25, 0.3) is 5.91 Å². The van der Waals surface area contributed by atoms with Gasteiger partial charge < -0.3 is 0 Å². The number of rotatable bonds is 2. The minimum absolute atomic E-state index is 0.182. The zero-order valence-corrected chi connectivity index (χ0v) is 12.3. The molecular formula is C15H11ClN2OS. The van der Waals surface area contributed by atoms with Crippen LogP contribution < -0.4 is 5.32 Å². The van der Waals surface area contributed by atoms with Gasteiger partial charge in [0.05, 0.1) is 10.2 Å². The van der Waals surface area contributed by atoms with Gasteiger partial charge in [-0.3, -0.25) is 10.1 Å². The maximum Gasteiger partial charge on any atom is 0.257 e. The number of thiazole rings is 1. The number of fused-ring (bicyclic) bond motifs is 1. The second-order valence-electron chi connectivity index (χ2n) is 4.40. The molecule has 0 aliphatic carbocycles. The summed E-state index contributed by atoms with van der Waals surface area (Å²) in [5, 5.41) is 4.03. The van der Waals surface area contributed by atoms with Crippen LogP contribution in [0.25, 0.3) is 10.2 Å². The maximum absolute atomic E-state index is 12.1. The molecule has 3 rings (SSSR count). The van der Waals surface area contributed by atoms with Crippen LogP contribution in [-0.4, -0.2) is 10.9 Å². The summed E-state index contributed by atoms with van der Waals surface area (Å²) in [4.78, 5) is 16.6. The third-order valence-electron chi connectivity index (χ3n) is 2.95. The quantitative estimate of drug-likeness (QED) is 0.756. The molecule has 0 bridgehead atoms. The van der Waals surface area contributed by atoms with Gasteiger partial charge in [-0.05, 0) is 42.8 Å². The number of nitrogens with zero attached hydrogens (tertiary/aromatic N) is 1. The Balaban J connectivity index is 1.87. The molecule has 2 aromatic carbocycles. The van der Waals surface area contributed by atoms with Crippen molar-refractivity contribution in [2.75, 3.05) is 5.32 Å². The van der Waals surface area contributed by atoms with Crippen LogP contribution in [0.3, 0.4) is 0 Å². The normalized spacial score (nSPS) is 10.7. The molecule has 0 spiro atoms. The molecule has 0 fully saturated rings. The van der Waals surface area contributed by atoms with Crippen molar-refractivity contribution >= 4 is 44.2 Å². The molecule has 0 radical (unpaired) electrons. The fourth-order valence-corrected chi connectivity index (χ4v) is 2.98. The molecule has 0 aliphatic heterocycles. The van der Waals surface area contributed by atoms with Gasteiger partial charge in [-0.15, -0.1) is 0 Å². The SMILES string of the molecule is Cc1cccc2sc(NC(=O)c3ccc(Cl)cc3)nc12. The zero-order chi connectivity index (χ0) is 14.1. The van der Waals surface area contributed by atoms with Gasteiger partial charge in [-0.25, -0.2) is 4.98 Å². The van der Waals surface area contributed by atoms with E-state index in [2.05, 4.69) is 10.3 Å². The fraction of sp³-hybridized carbons (Fsp3) is 0.0667. The third-order valence-corrected chi connectivity index (χ3v) is 4.14. The predicted octanol–water partition coefficient (Wildman–Crippen LogP) is 4.51. The van der Waals surface area contributed by atoms with Gasteiger partial charge in [-0.2, -0.15) is 0 Å². The molecule has 20 heavy (non-hydrogen) atoms. The molecule has 0 saturated heterocycles. The first-order chi connectivity index (χ1) is 9.63. The van der Waals surface area contributed by atoms with Crippen LogP contribution in [0.2, 0.25) is 5.02 Å². The second-order valence-corrected chi connectivity index (χ2v) is 5.87. The van der Waals surface area contributed by atoms with Crippen LogP contribution in [0.15, 0.2) is 42.5 Å². The van der Waals surface area contributed by atoms with Gasteiger partial charge in [-0.1, -0.05) is 35.1 Å². The van der Waals surface area contributed by atoms with Crippen molar-refractivity contribution in [1.82, 2.24) is 4.98 Å². The van der Waals surface area contributed by atoms with Crippen LogP contribution in [0.1, 0.15) is 15.9 Å². The van der Waals surface area contributed by atoms with Gasteiger partial charge in [0, 0.05) is 10.6 Å². The van der Waals surface area contributed by atoms with E-state index in [1.54, 1.807) is 24.3 Å². The van der Waals surface area contributed by atoms with Crippen LogP contribution in [0.4, 0.5) is 5.13 Å². The summed E-state index contributed by atoms with van der Waals surface area (Å²) >= 11 is 7.27. The van der Waals surface area contributed by atoms with Crippen molar-refractivity contribution < 1.29 is 4.79 Å². The van der Waals surface area contributed by atoms with E-state index in [9.17, 15) is 4.79 Å². The number of amides is 1. The van der Waals surface area contributed by atoms with Crippen LogP contribution >= 0.6 is 22.9 Å². The molecule has 0 aliphatic rings. The highest BCUT2D eigenvalue weighted by atomic mass is 35.5. The minimum atomic E-state index is -0.182. The number of para-hydroxylation sites is 1. The summed E-state index contributed by atoms with van der Waals surface area (Å²) in [6.07, 6.45) is 0. The van der Waals surface area contributed by atoms with Gasteiger partial charge in [0.2, 0.25) is 0 Å². The molecule has 1 heterocycles. The lowest BCUT2D eigenvalue weighted by atomic mass is 10.2. The van der Waals surface area contributed by atoms with Gasteiger partial charge >= 0.3 is 0 Å². The number of aryl methyl sites for hydroxylation is 1. The van der Waals surface area contributed by atoms with E-state index >= 15 is 0 Å². The molecule has 0 atom stereocenters. The van der Waals surface area contributed by atoms with E-state index in [4.69, 9.17) is 11.6 Å². The molecule has 5 heteroatoms. The number of hydrogen-bond acceptors (Lipinski definition) is 3. The molecule has 3 nitrogen and oxygen atoms in total. The van der Waals surface area contributed by atoms with Crippen molar-refractivity contribution in [3.8, 4) is 0 Å². The second kappa shape index (κ2) is 5.23. The summed E-state index contributed by atoms with van der Waals surface area (Å²) in [6.45, 7) is 2.01. The zero-order valence-electron chi connectivity index (χ0n) is 10.7. The first-order valence-corrected chi connectivity index (χ1v) is 7.26. The number of carbonyl (C=O) groups is 1. The Morgan fingerprint density at radius 3 is 2.65 bits per heavy atom. The number of hydrogen-bond donors (Lipinski definition) is 1. The predicted molar refractivity (Wildman–Crippen MR) is 83.8 cm³/mol. The smallest absolute Gasteiger partial charge is 0.257 e. The van der Waals surface area contributed by atoms with E-state index in [1.165, 1.54) is 11.3 Å². The number of aromatic nitrogens is 1. The Hall–Kier alpha value is -1.91. The highest BCUT2D eigenvalue weighted by molar-refractivity contribution is 7.22. The van der Waals surface area contributed by atoms with Gasteiger partial charge in [0.1, 0.15) is 0 Å². The van der Waals surface area contributed by atoms with Crippen molar-refractivity contribution in [2.24, 2.45) is 0 Å². The van der Waals surface area contributed by atoms with Crippen molar-refractivity contribution in [3.05, 3.63) is 58.6 Å². The molecule has 1 N–H and O–H groups in total. The number of benzene rings is 2. The molecule has 1 amide bonds. The van der Waals surface area contributed by atoms with E-state index < -0.39 is 0 Å². The average molecular weight is 303 g/mol. The summed E-state index contributed by atoms with van der Waals surface area (Å²) in [7, 11) is 0. The number of carbonyl (C=O) groups excluding carboxylic acids is 1. The Morgan fingerprint density at radius 1 is 1.20 bits per heavy atom. The molecule has 3 aromatic rings. The lowest BCUT2D eigenvalue weighted by Gasteiger charge is -2.01. The van der Waals surface area contributed by atoms with E-state index in [0.717, 1.165) is 15.8 Å². The Kier molecular flexibility index (Phi) is 3.42. The largest absolute Gasteiger partial charge is 0.298 e. The Morgan fingerprint density at radius 2 is 1.95 bits per heavy atom. The minimum Gasteiger partial charge on any atom is -0.298 e. The molecule has 0 unspecified atom stereocenters. The van der Waals surface area contributed by atoms with E-state index in [-0.39, 0.29) is 5.91 Å². The first kappa shape index (κ1) is 13.1. The average Bonchev–Trinajstić information content (AvgIpc) is 2.83. The highest BCUT2D eigenvalue weighted by Gasteiger charge is 2.10. The van der Waals surface area contributed by atoms with E-state index in [0.29, 0.717) is 15.7 Å². The van der Waals surface area contributed by atoms with Crippen molar-refractivity contribution in [2.45, 2.75) is 6.92 Å². The van der Waals surface area contributed by atoms with E-state index in [1.807, 2.05) is 25.1 Å². The monoisotopic (exact) mass is 302 g/mol. The Labute approximate surface area is 125 Å². The molecule has 1 aromatic heterocycles. The highest BCUT2D eigenvalue weighted by Crippen LogP contribution is 2.28. The standard InChI is InChI=1S/C15H11ClN2OS/c1-9-3-2-4-12-13(9)17-15(20-12)18-14(19)10-5-7-11(16)8-6-10/h2-8H,1H3,(H,17,18,19). The summed E-state index contributed by atoms with van der Waals surface area (Å²) < 4.78 is 1.07. The summed E-state index contributed by atoms with van der Waals surface area (Å²) in [5.41, 5.74) is 2.60. The third kappa shape index (κ3) is 2.53. The number of nitrogens with one attached hydrogen (secondary N) is 1. The molecular weight excluding hydrogens is 292 g/mol. The first-order valence-electron chi connectivity index (χ1n) is 6.06. The van der Waals surface area contributed by atoms with Crippen LogP contribution in [-0.2, 0) is 0 Å². The summed E-state index contributed by atoms with van der Waals surface area (Å²) in [6, 6.07) is 12.8. The fourth-order valence-electron chi connectivity index (χ4n) is 1.91. The molecule has 100 valence electrons. The number of halogens is 1. The van der Waals surface area contributed by atoms with Gasteiger partial charge in [0.15, 0.2) is 5.13 Å². The van der Waals surface area contributed by atoms with Crippen molar-refractivity contribution in [1.29, 1.82) is 0 Å². The van der Waals surface area contributed by atoms with Crippen LogP contribution in [0, 0.1) is 6.92 Å². The lowest BCUT2D eigenvalue weighted by Crippen LogP contribution is -2.11. The number of anilines is 1. The van der Waals surface area contributed by atoms with Crippen LogP contribution in [0.5, 0.6) is 0 Å². The lowest BCUT2D eigenvalue weighted by molar-refractivity contribution is 0.102. The maximum atomic E-state index is 12.1.